The van der Waals surface area contributed by atoms with E-state index in [4.69, 9.17) is 21.1 Å². The van der Waals surface area contributed by atoms with Gasteiger partial charge in [0.1, 0.15) is 6.10 Å². The van der Waals surface area contributed by atoms with Gasteiger partial charge in [-0.05, 0) is 12.5 Å². The van der Waals surface area contributed by atoms with Gasteiger partial charge < -0.3 is 9.47 Å². The maximum Gasteiger partial charge on any atom is 0.303 e. The lowest BCUT2D eigenvalue weighted by molar-refractivity contribution is -0.148. The number of benzene rings is 1. The molecule has 0 heterocycles. The van der Waals surface area contributed by atoms with Crippen molar-refractivity contribution in [3.63, 3.8) is 0 Å². The Morgan fingerprint density at radius 3 is 2.53 bits per heavy atom. The smallest absolute Gasteiger partial charge is 0.303 e. The second-order valence-electron chi connectivity index (χ2n) is 3.89. The first kappa shape index (κ1) is 14.0. The third-order valence-corrected chi connectivity index (χ3v) is 2.54. The fraction of sp³-hybridized carbons (Fsp3) is 0.462. The molecule has 0 bridgehead atoms. The Balaban J connectivity index is 2.30. The van der Waals surface area contributed by atoms with Crippen molar-refractivity contribution < 1.29 is 14.3 Å². The molecule has 17 heavy (non-hydrogen) atoms. The Labute approximate surface area is 107 Å². The monoisotopic (exact) mass is 256 g/mol. The van der Waals surface area contributed by atoms with E-state index in [0.29, 0.717) is 13.2 Å². The zero-order valence-electron chi connectivity index (χ0n) is 10.1. The van der Waals surface area contributed by atoms with Crippen LogP contribution in [0.3, 0.4) is 0 Å². The molecular formula is C13H17ClO3. The van der Waals surface area contributed by atoms with Gasteiger partial charge in [0.2, 0.25) is 0 Å². The van der Waals surface area contributed by atoms with Gasteiger partial charge >= 0.3 is 5.97 Å². The van der Waals surface area contributed by atoms with Crippen molar-refractivity contribution in [1.29, 1.82) is 0 Å². The van der Waals surface area contributed by atoms with E-state index >= 15 is 0 Å². The number of ether oxygens (including phenoxy) is 2. The first-order valence-electron chi connectivity index (χ1n) is 5.48. The first-order valence-corrected chi connectivity index (χ1v) is 6.01. The molecule has 0 saturated heterocycles. The van der Waals surface area contributed by atoms with Crippen molar-refractivity contribution >= 4 is 17.6 Å². The lowest BCUT2D eigenvalue weighted by atomic mass is 10.2. The molecular weight excluding hydrogens is 240 g/mol. The van der Waals surface area contributed by atoms with Crippen LogP contribution in [0.25, 0.3) is 0 Å². The molecule has 4 heteroatoms. The molecule has 0 aliphatic carbocycles. The second-order valence-corrected chi connectivity index (χ2v) is 4.20. The van der Waals surface area contributed by atoms with Crippen molar-refractivity contribution in [2.45, 2.75) is 26.6 Å². The molecule has 1 rings (SSSR count). The Morgan fingerprint density at radius 2 is 2.00 bits per heavy atom. The van der Waals surface area contributed by atoms with Gasteiger partial charge in [0.05, 0.1) is 19.1 Å². The Hall–Kier alpha value is -1.06. The number of hydrogen-bond donors (Lipinski definition) is 0. The normalized spacial score (nSPS) is 12.2. The molecule has 1 atom stereocenters. The summed E-state index contributed by atoms with van der Waals surface area (Å²) in [5.74, 6) is -0.0948. The number of hydrogen-bond acceptors (Lipinski definition) is 3. The van der Waals surface area contributed by atoms with E-state index in [1.807, 2.05) is 31.2 Å². The first-order chi connectivity index (χ1) is 8.11. The Bertz CT molecular complexity index is 348. The molecule has 1 unspecified atom stereocenters. The van der Waals surface area contributed by atoms with Gasteiger partial charge in [-0.15, -0.1) is 11.6 Å². The van der Waals surface area contributed by atoms with E-state index in [0.717, 1.165) is 5.56 Å². The van der Waals surface area contributed by atoms with Gasteiger partial charge in [0.25, 0.3) is 0 Å². The van der Waals surface area contributed by atoms with Crippen LogP contribution in [-0.2, 0) is 20.9 Å². The van der Waals surface area contributed by atoms with Crippen molar-refractivity contribution in [3.8, 4) is 0 Å². The maximum absolute atomic E-state index is 10.7. The molecule has 3 nitrogen and oxygen atoms in total. The minimum absolute atomic E-state index is 0.244. The number of carbonyl (C=O) groups is 1. The third kappa shape index (κ3) is 5.71. The van der Waals surface area contributed by atoms with E-state index < -0.39 is 0 Å². The Morgan fingerprint density at radius 1 is 1.35 bits per heavy atom. The molecule has 0 spiro atoms. The third-order valence-electron chi connectivity index (χ3n) is 2.20. The van der Waals surface area contributed by atoms with Gasteiger partial charge in [-0.25, -0.2) is 0 Å². The van der Waals surface area contributed by atoms with Crippen LogP contribution in [0.2, 0.25) is 0 Å². The van der Waals surface area contributed by atoms with Crippen LogP contribution in [0.1, 0.15) is 18.1 Å². The lowest BCUT2D eigenvalue weighted by Crippen LogP contribution is -2.23. The summed E-state index contributed by atoms with van der Waals surface area (Å²) in [7, 11) is 0. The SMILES string of the molecule is CC(=O)OC(CCl)COCc1ccc(C)cc1. The van der Waals surface area contributed by atoms with Crippen LogP contribution in [0, 0.1) is 6.92 Å². The summed E-state index contributed by atoms with van der Waals surface area (Å²) in [4.78, 5) is 10.7. The van der Waals surface area contributed by atoms with Gasteiger partial charge in [-0.2, -0.15) is 0 Å². The second kappa shape index (κ2) is 7.30. The summed E-state index contributed by atoms with van der Waals surface area (Å²) in [6.07, 6.45) is -0.375. The molecule has 0 aromatic heterocycles. The van der Waals surface area contributed by atoms with E-state index in [2.05, 4.69) is 0 Å². The van der Waals surface area contributed by atoms with Crippen LogP contribution in [0.4, 0.5) is 0 Å². The average molecular weight is 257 g/mol. The van der Waals surface area contributed by atoms with Crippen LogP contribution in [0.15, 0.2) is 24.3 Å². The topological polar surface area (TPSA) is 35.5 Å². The quantitative estimate of drug-likeness (QED) is 0.580. The summed E-state index contributed by atoms with van der Waals surface area (Å²) < 4.78 is 10.4. The fourth-order valence-electron chi connectivity index (χ4n) is 1.34. The highest BCUT2D eigenvalue weighted by Gasteiger charge is 2.10. The van der Waals surface area contributed by atoms with Gasteiger partial charge in [-0.1, -0.05) is 29.8 Å². The maximum atomic E-state index is 10.7. The van der Waals surface area contributed by atoms with Crippen molar-refractivity contribution in [2.24, 2.45) is 0 Å². The summed E-state index contributed by atoms with van der Waals surface area (Å²) in [5, 5.41) is 0. The highest BCUT2D eigenvalue weighted by Crippen LogP contribution is 2.06. The predicted octanol–water partition coefficient (Wildman–Crippen LogP) is 2.68. The van der Waals surface area contributed by atoms with Gasteiger partial charge in [0.15, 0.2) is 0 Å². The Kier molecular flexibility index (Phi) is 6.01. The van der Waals surface area contributed by atoms with Crippen LogP contribution < -0.4 is 0 Å². The fourth-order valence-corrected chi connectivity index (χ4v) is 1.49. The van der Waals surface area contributed by atoms with E-state index in [-0.39, 0.29) is 18.0 Å². The molecule has 0 aliphatic heterocycles. The van der Waals surface area contributed by atoms with Crippen LogP contribution in [-0.4, -0.2) is 24.6 Å². The zero-order chi connectivity index (χ0) is 12.7. The number of carbonyl (C=O) groups excluding carboxylic acids is 1. The highest BCUT2D eigenvalue weighted by molar-refractivity contribution is 6.18. The summed E-state index contributed by atoms with van der Waals surface area (Å²) in [6, 6.07) is 8.08. The number of alkyl halides is 1. The molecule has 0 amide bonds. The van der Waals surface area contributed by atoms with Crippen molar-refractivity contribution in [2.75, 3.05) is 12.5 Å². The number of rotatable bonds is 6. The summed E-state index contributed by atoms with van der Waals surface area (Å²) in [5.41, 5.74) is 2.30. The van der Waals surface area contributed by atoms with Crippen LogP contribution in [0.5, 0.6) is 0 Å². The number of halogens is 1. The van der Waals surface area contributed by atoms with E-state index in [1.165, 1.54) is 12.5 Å². The lowest BCUT2D eigenvalue weighted by Gasteiger charge is -2.14. The van der Waals surface area contributed by atoms with Crippen molar-refractivity contribution in [3.05, 3.63) is 35.4 Å². The van der Waals surface area contributed by atoms with Crippen LogP contribution >= 0.6 is 11.6 Å². The molecule has 1 aromatic carbocycles. The van der Waals surface area contributed by atoms with Gasteiger partial charge in [0, 0.05) is 6.92 Å². The molecule has 0 fully saturated rings. The predicted molar refractivity (Wildman–Crippen MR) is 67.1 cm³/mol. The molecule has 1 aromatic rings. The standard InChI is InChI=1S/C13H17ClO3/c1-10-3-5-12(6-4-10)8-16-9-13(7-14)17-11(2)15/h3-6,13H,7-9H2,1-2H3. The largest absolute Gasteiger partial charge is 0.459 e. The van der Waals surface area contributed by atoms with E-state index in [9.17, 15) is 4.79 Å². The number of aryl methyl sites for hydroxylation is 1. The molecule has 0 aliphatic rings. The van der Waals surface area contributed by atoms with Crippen molar-refractivity contribution in [1.82, 2.24) is 0 Å². The average Bonchev–Trinajstić information content (AvgIpc) is 2.30. The molecule has 0 N–H and O–H groups in total. The minimum atomic E-state index is -0.375. The minimum Gasteiger partial charge on any atom is -0.459 e. The van der Waals surface area contributed by atoms with Gasteiger partial charge in [-0.3, -0.25) is 4.79 Å². The highest BCUT2D eigenvalue weighted by atomic mass is 35.5. The van der Waals surface area contributed by atoms with E-state index in [1.54, 1.807) is 0 Å². The summed E-state index contributed by atoms with van der Waals surface area (Å²) in [6.45, 7) is 4.21. The molecule has 0 saturated carbocycles. The zero-order valence-corrected chi connectivity index (χ0v) is 10.9. The summed E-state index contributed by atoms with van der Waals surface area (Å²) >= 11 is 5.66. The molecule has 94 valence electrons. The number of esters is 1. The molecule has 0 radical (unpaired) electrons.